The number of para-hydroxylation sites is 1. The number of thioether (sulfide) groups is 1. The van der Waals surface area contributed by atoms with Gasteiger partial charge in [-0.2, -0.15) is 4.68 Å². The molecule has 1 unspecified atom stereocenters. The smallest absolute Gasteiger partial charge is 0.258 e. The van der Waals surface area contributed by atoms with Crippen LogP contribution >= 0.6 is 35.3 Å². The van der Waals surface area contributed by atoms with E-state index in [0.29, 0.717) is 24.4 Å². The maximum Gasteiger partial charge on any atom is 0.258 e. The number of aromatic nitrogens is 4. The van der Waals surface area contributed by atoms with Crippen molar-refractivity contribution in [2.75, 3.05) is 12.3 Å². The molecule has 3 rings (SSSR count). The molecule has 0 aliphatic rings. The molecule has 0 saturated carbocycles. The molecule has 0 radical (unpaired) electrons. The molecule has 2 heterocycles. The van der Waals surface area contributed by atoms with Crippen LogP contribution in [-0.2, 0) is 13.2 Å². The summed E-state index contributed by atoms with van der Waals surface area (Å²) in [5.41, 5.74) is 1.73. The van der Waals surface area contributed by atoms with Gasteiger partial charge in [-0.25, -0.2) is 4.98 Å². The van der Waals surface area contributed by atoms with Gasteiger partial charge in [0.15, 0.2) is 20.8 Å². The lowest BCUT2D eigenvalue weighted by atomic mass is 10.2. The lowest BCUT2D eigenvalue weighted by Gasteiger charge is -2.16. The normalized spacial score (nSPS) is 12.4. The third kappa shape index (κ3) is 5.13. The largest absolute Gasteiger partial charge is 0.310 e. The summed E-state index contributed by atoms with van der Waals surface area (Å²) < 4.78 is 3.57. The topological polar surface area (TPSA) is 68.0 Å². The summed E-state index contributed by atoms with van der Waals surface area (Å²) in [6.07, 6.45) is 0. The van der Waals surface area contributed by atoms with E-state index in [9.17, 15) is 4.79 Å². The van der Waals surface area contributed by atoms with Crippen molar-refractivity contribution in [2.45, 2.75) is 31.4 Å². The van der Waals surface area contributed by atoms with Crippen LogP contribution in [0.4, 0.5) is 0 Å². The van der Waals surface area contributed by atoms with Crippen LogP contribution < -0.4 is 10.5 Å². The predicted molar refractivity (Wildman–Crippen MR) is 114 cm³/mol. The molecule has 0 fully saturated rings. The predicted octanol–water partition coefficient (Wildman–Crippen LogP) is 2.64. The van der Waals surface area contributed by atoms with Crippen LogP contribution in [0, 0.1) is 3.95 Å². The van der Waals surface area contributed by atoms with Gasteiger partial charge in [-0.3, -0.25) is 4.79 Å². The number of rotatable bonds is 8. The zero-order valence-corrected chi connectivity index (χ0v) is 17.8. The van der Waals surface area contributed by atoms with Crippen molar-refractivity contribution in [3.63, 3.8) is 0 Å². The van der Waals surface area contributed by atoms with Gasteiger partial charge in [0.1, 0.15) is 6.54 Å². The van der Waals surface area contributed by atoms with Gasteiger partial charge in [0.2, 0.25) is 0 Å². The fourth-order valence-electron chi connectivity index (χ4n) is 2.59. The second-order valence-electron chi connectivity index (χ2n) is 6.35. The summed E-state index contributed by atoms with van der Waals surface area (Å²) in [7, 11) is 0. The van der Waals surface area contributed by atoms with E-state index in [0.717, 1.165) is 31.7 Å². The zero-order valence-electron chi connectivity index (χ0n) is 15.3. The second-order valence-corrected chi connectivity index (χ2v) is 9.19. The van der Waals surface area contributed by atoms with Crippen LogP contribution in [0.3, 0.4) is 0 Å². The van der Waals surface area contributed by atoms with E-state index < -0.39 is 0 Å². The molecule has 0 spiro atoms. The number of nitrogens with one attached hydrogen (secondary N) is 2. The van der Waals surface area contributed by atoms with Crippen molar-refractivity contribution in [3.05, 3.63) is 56.6 Å². The molecule has 0 saturated heterocycles. The molecule has 0 aliphatic carbocycles. The Morgan fingerprint density at radius 3 is 2.96 bits per heavy atom. The maximum atomic E-state index is 12.3. The minimum absolute atomic E-state index is 0.102. The minimum Gasteiger partial charge on any atom is -0.310 e. The van der Waals surface area contributed by atoms with Crippen molar-refractivity contribution in [1.29, 1.82) is 0 Å². The number of benzene rings is 1. The average molecular weight is 421 g/mol. The van der Waals surface area contributed by atoms with E-state index in [-0.39, 0.29) is 5.56 Å². The molecule has 2 aromatic heterocycles. The van der Waals surface area contributed by atoms with Crippen molar-refractivity contribution >= 4 is 46.2 Å². The molecule has 9 heteroatoms. The standard InChI is InChI=1S/C18H21N5OS3/c1-4-22(11-23-18(25)27-17(21-23)26-10-12(2)3)9-15-19-14-8-6-5-7-13(14)16(24)20-15/h5-8H,2,4,9-11H2,1,3H3,(H,19,20,24)/p+1. The van der Waals surface area contributed by atoms with Gasteiger partial charge in [-0.1, -0.05) is 47.4 Å². The summed E-state index contributed by atoms with van der Waals surface area (Å²) in [6.45, 7) is 10.1. The SMILES string of the molecule is C=C(C)CSc1nn(C[NH+](CC)Cc2nc3ccccc3c(=O)[nH]2)c(=S)s1. The third-order valence-electron chi connectivity index (χ3n) is 3.98. The first-order valence-electron chi connectivity index (χ1n) is 8.63. The summed E-state index contributed by atoms with van der Waals surface area (Å²) in [5.74, 6) is 1.52. The Balaban J connectivity index is 1.76. The zero-order chi connectivity index (χ0) is 19.4. The Morgan fingerprint density at radius 2 is 2.22 bits per heavy atom. The van der Waals surface area contributed by atoms with Crippen LogP contribution in [-0.4, -0.2) is 32.0 Å². The molecular formula is C18H22N5OS3+. The minimum atomic E-state index is -0.102. The summed E-state index contributed by atoms with van der Waals surface area (Å²) in [6, 6.07) is 7.38. The summed E-state index contributed by atoms with van der Waals surface area (Å²) >= 11 is 8.64. The molecule has 1 aromatic carbocycles. The Hall–Kier alpha value is -1.81. The van der Waals surface area contributed by atoms with Crippen LogP contribution in [0.1, 0.15) is 19.7 Å². The fourth-order valence-corrected chi connectivity index (χ4v) is 4.77. The highest BCUT2D eigenvalue weighted by molar-refractivity contribution is 8.01. The van der Waals surface area contributed by atoms with Gasteiger partial charge in [0.05, 0.1) is 17.4 Å². The van der Waals surface area contributed by atoms with Gasteiger partial charge >= 0.3 is 0 Å². The molecule has 3 aromatic rings. The summed E-state index contributed by atoms with van der Waals surface area (Å²) in [4.78, 5) is 21.0. The van der Waals surface area contributed by atoms with Gasteiger partial charge in [0, 0.05) is 5.75 Å². The Labute approximate surface area is 171 Å². The van der Waals surface area contributed by atoms with Gasteiger partial charge in [-0.05, 0) is 38.2 Å². The number of nitrogens with zero attached hydrogens (tertiary/aromatic N) is 3. The molecule has 1 atom stereocenters. The first kappa shape index (κ1) is 19.9. The van der Waals surface area contributed by atoms with Gasteiger partial charge < -0.3 is 9.88 Å². The number of hydrogen-bond donors (Lipinski definition) is 2. The van der Waals surface area contributed by atoms with Crippen LogP contribution in [0.5, 0.6) is 0 Å². The lowest BCUT2D eigenvalue weighted by molar-refractivity contribution is -0.935. The lowest BCUT2D eigenvalue weighted by Crippen LogP contribution is -3.09. The van der Waals surface area contributed by atoms with E-state index in [1.807, 2.05) is 29.8 Å². The molecule has 2 N–H and O–H groups in total. The van der Waals surface area contributed by atoms with Crippen molar-refractivity contribution in [2.24, 2.45) is 0 Å². The molecular weight excluding hydrogens is 398 g/mol. The van der Waals surface area contributed by atoms with E-state index in [2.05, 4.69) is 28.6 Å². The maximum absolute atomic E-state index is 12.3. The number of hydrogen-bond acceptors (Lipinski definition) is 6. The molecule has 6 nitrogen and oxygen atoms in total. The molecule has 0 aliphatic heterocycles. The Bertz CT molecular complexity index is 1070. The number of quaternary nitrogens is 1. The number of H-pyrrole nitrogens is 1. The fraction of sp³-hybridized carbons (Fsp3) is 0.333. The van der Waals surface area contributed by atoms with Crippen molar-refractivity contribution < 1.29 is 4.90 Å². The summed E-state index contributed by atoms with van der Waals surface area (Å²) in [5, 5.41) is 5.23. The highest BCUT2D eigenvalue weighted by Crippen LogP contribution is 2.23. The molecule has 0 bridgehead atoms. The highest BCUT2D eigenvalue weighted by atomic mass is 32.2. The van der Waals surface area contributed by atoms with Crippen molar-refractivity contribution in [1.82, 2.24) is 19.7 Å². The van der Waals surface area contributed by atoms with Crippen LogP contribution in [0.2, 0.25) is 0 Å². The van der Waals surface area contributed by atoms with Gasteiger partial charge in [-0.15, -0.1) is 5.10 Å². The van der Waals surface area contributed by atoms with E-state index in [1.54, 1.807) is 17.8 Å². The van der Waals surface area contributed by atoms with E-state index in [1.165, 1.54) is 16.2 Å². The third-order valence-corrected chi connectivity index (χ3v) is 6.65. The van der Waals surface area contributed by atoms with Gasteiger partial charge in [0.25, 0.3) is 5.56 Å². The first-order valence-corrected chi connectivity index (χ1v) is 10.8. The van der Waals surface area contributed by atoms with Crippen LogP contribution in [0.15, 0.2) is 45.6 Å². The average Bonchev–Trinajstić information content (AvgIpc) is 2.99. The first-order chi connectivity index (χ1) is 13.0. The van der Waals surface area contributed by atoms with E-state index >= 15 is 0 Å². The number of fused-ring (bicyclic) bond motifs is 1. The second kappa shape index (κ2) is 8.92. The molecule has 0 amide bonds. The monoisotopic (exact) mass is 420 g/mol. The molecule has 142 valence electrons. The Kier molecular flexibility index (Phi) is 6.59. The quantitative estimate of drug-likeness (QED) is 0.333. The Morgan fingerprint density at radius 1 is 1.44 bits per heavy atom. The van der Waals surface area contributed by atoms with Crippen LogP contribution in [0.25, 0.3) is 10.9 Å². The number of aromatic amines is 1. The van der Waals surface area contributed by atoms with E-state index in [4.69, 9.17) is 12.2 Å². The molecule has 27 heavy (non-hydrogen) atoms. The highest BCUT2D eigenvalue weighted by Gasteiger charge is 2.14. The van der Waals surface area contributed by atoms with Crippen molar-refractivity contribution in [3.8, 4) is 0 Å².